The Kier molecular flexibility index (Phi) is 6.65. The Bertz CT molecular complexity index is 1060. The van der Waals surface area contributed by atoms with Crippen LogP contribution in [0.5, 0.6) is 11.5 Å². The average Bonchev–Trinajstić information content (AvgIpc) is 2.69. The highest BCUT2D eigenvalue weighted by atomic mass is 35.5. The summed E-state index contributed by atoms with van der Waals surface area (Å²) in [5, 5.41) is 2.48. The first kappa shape index (κ1) is 22.4. The molecule has 0 radical (unpaired) electrons. The molecule has 0 atom stereocenters. The minimum absolute atomic E-state index is 0.124. The molecule has 1 saturated heterocycles. The van der Waals surface area contributed by atoms with E-state index in [1.165, 1.54) is 6.08 Å². The van der Waals surface area contributed by atoms with E-state index in [0.717, 1.165) is 10.5 Å². The molecule has 2 aromatic carbocycles. The number of ether oxygens (including phenoxy) is 2. The monoisotopic (exact) mass is 442 g/mol. The van der Waals surface area contributed by atoms with Crippen LogP contribution in [-0.4, -0.2) is 30.6 Å². The maximum Gasteiger partial charge on any atom is 0.335 e. The zero-order valence-corrected chi connectivity index (χ0v) is 18.4. The lowest BCUT2D eigenvalue weighted by molar-refractivity contribution is -0.122. The van der Waals surface area contributed by atoms with Crippen LogP contribution in [0.4, 0.5) is 10.5 Å². The standard InChI is InChI=1S/C23H23ClN2O5/c1-5-30-19-12-15(11-18(24)20(19)31-13(2)3)10-17-21(27)25-23(29)26(22(17)28)16-8-6-14(4)7-9-16/h6-13H,5H2,1-4H3,(H,25,27,29)/b17-10+. The van der Waals surface area contributed by atoms with E-state index in [0.29, 0.717) is 29.4 Å². The summed E-state index contributed by atoms with van der Waals surface area (Å²) in [7, 11) is 0. The Balaban J connectivity index is 2.02. The number of hydrogen-bond acceptors (Lipinski definition) is 5. The van der Waals surface area contributed by atoms with Crippen molar-refractivity contribution in [2.75, 3.05) is 11.5 Å². The average molecular weight is 443 g/mol. The molecular weight excluding hydrogens is 420 g/mol. The normalized spacial score (nSPS) is 15.5. The Hall–Kier alpha value is -3.32. The van der Waals surface area contributed by atoms with Gasteiger partial charge in [0.25, 0.3) is 11.8 Å². The first-order chi connectivity index (χ1) is 14.7. The first-order valence-electron chi connectivity index (χ1n) is 9.82. The van der Waals surface area contributed by atoms with Crippen LogP contribution in [0.2, 0.25) is 5.02 Å². The van der Waals surface area contributed by atoms with Gasteiger partial charge in [-0.3, -0.25) is 14.9 Å². The SMILES string of the molecule is CCOc1cc(/C=C2\C(=O)NC(=O)N(c3ccc(C)cc3)C2=O)cc(Cl)c1OC(C)C. The molecule has 0 saturated carbocycles. The molecule has 1 fully saturated rings. The molecule has 162 valence electrons. The van der Waals surface area contributed by atoms with E-state index in [1.54, 1.807) is 36.4 Å². The van der Waals surface area contributed by atoms with Crippen LogP contribution in [0.25, 0.3) is 6.08 Å². The molecular formula is C23H23ClN2O5. The Labute approximate surface area is 185 Å². The molecule has 0 aliphatic carbocycles. The van der Waals surface area contributed by atoms with Crippen molar-refractivity contribution < 1.29 is 23.9 Å². The number of amides is 4. The fourth-order valence-corrected chi connectivity index (χ4v) is 3.30. The largest absolute Gasteiger partial charge is 0.490 e. The van der Waals surface area contributed by atoms with Gasteiger partial charge in [-0.2, -0.15) is 0 Å². The summed E-state index contributed by atoms with van der Waals surface area (Å²) in [5.41, 5.74) is 1.60. The number of rotatable bonds is 6. The molecule has 0 bridgehead atoms. The van der Waals surface area contributed by atoms with Crippen molar-refractivity contribution in [3.05, 3.63) is 58.1 Å². The molecule has 0 unspecified atom stereocenters. The predicted molar refractivity (Wildman–Crippen MR) is 119 cm³/mol. The van der Waals surface area contributed by atoms with Crippen molar-refractivity contribution >= 4 is 41.2 Å². The van der Waals surface area contributed by atoms with Gasteiger partial charge >= 0.3 is 6.03 Å². The number of barbiturate groups is 1. The number of urea groups is 1. The van der Waals surface area contributed by atoms with Crippen LogP contribution >= 0.6 is 11.6 Å². The summed E-state index contributed by atoms with van der Waals surface area (Å²) in [4.78, 5) is 38.7. The minimum atomic E-state index is -0.801. The maximum atomic E-state index is 13.0. The number of nitrogens with one attached hydrogen (secondary N) is 1. The van der Waals surface area contributed by atoms with Crippen molar-refractivity contribution in [1.82, 2.24) is 5.32 Å². The number of benzene rings is 2. The number of imide groups is 2. The van der Waals surface area contributed by atoms with Gasteiger partial charge in [0.15, 0.2) is 11.5 Å². The quantitative estimate of drug-likeness (QED) is 0.526. The number of hydrogen-bond donors (Lipinski definition) is 1. The van der Waals surface area contributed by atoms with E-state index in [4.69, 9.17) is 21.1 Å². The predicted octanol–water partition coefficient (Wildman–Crippen LogP) is 4.50. The summed E-state index contributed by atoms with van der Waals surface area (Å²) in [6.45, 7) is 7.82. The van der Waals surface area contributed by atoms with Gasteiger partial charge in [-0.05, 0) is 63.6 Å². The lowest BCUT2D eigenvalue weighted by atomic mass is 10.1. The highest BCUT2D eigenvalue weighted by molar-refractivity contribution is 6.39. The lowest BCUT2D eigenvalue weighted by Gasteiger charge is -2.26. The molecule has 1 aliphatic rings. The van der Waals surface area contributed by atoms with Gasteiger partial charge < -0.3 is 9.47 Å². The zero-order valence-electron chi connectivity index (χ0n) is 17.7. The van der Waals surface area contributed by atoms with Crippen molar-refractivity contribution in [2.24, 2.45) is 0 Å². The fraction of sp³-hybridized carbons (Fsp3) is 0.261. The van der Waals surface area contributed by atoms with E-state index >= 15 is 0 Å². The minimum Gasteiger partial charge on any atom is -0.490 e. The number of anilines is 1. The van der Waals surface area contributed by atoms with Crippen molar-refractivity contribution in [2.45, 2.75) is 33.8 Å². The summed E-state index contributed by atoms with van der Waals surface area (Å²) in [6.07, 6.45) is 1.25. The molecule has 7 nitrogen and oxygen atoms in total. The summed E-state index contributed by atoms with van der Waals surface area (Å²) >= 11 is 6.38. The first-order valence-corrected chi connectivity index (χ1v) is 10.2. The van der Waals surface area contributed by atoms with Gasteiger partial charge in [0.1, 0.15) is 5.57 Å². The maximum absolute atomic E-state index is 13.0. The molecule has 0 spiro atoms. The molecule has 2 aromatic rings. The third-order valence-electron chi connectivity index (χ3n) is 4.39. The van der Waals surface area contributed by atoms with E-state index in [9.17, 15) is 14.4 Å². The van der Waals surface area contributed by atoms with E-state index in [1.807, 2.05) is 27.7 Å². The molecule has 3 rings (SSSR count). The third kappa shape index (κ3) is 4.88. The number of nitrogens with zero attached hydrogens (tertiary/aromatic N) is 1. The van der Waals surface area contributed by atoms with Gasteiger partial charge in [0.2, 0.25) is 0 Å². The summed E-state index contributed by atoms with van der Waals surface area (Å²) < 4.78 is 11.4. The van der Waals surface area contributed by atoms with Gasteiger partial charge in [-0.1, -0.05) is 29.3 Å². The topological polar surface area (TPSA) is 84.9 Å². The Morgan fingerprint density at radius 3 is 2.42 bits per heavy atom. The molecule has 1 N–H and O–H groups in total. The number of carbonyl (C=O) groups excluding carboxylic acids is 3. The van der Waals surface area contributed by atoms with Crippen molar-refractivity contribution in [1.29, 1.82) is 0 Å². The van der Waals surface area contributed by atoms with Crippen LogP contribution in [-0.2, 0) is 9.59 Å². The second kappa shape index (κ2) is 9.22. The summed E-state index contributed by atoms with van der Waals surface area (Å²) in [5.74, 6) is -0.730. The highest BCUT2D eigenvalue weighted by Crippen LogP contribution is 2.38. The molecule has 8 heteroatoms. The van der Waals surface area contributed by atoms with Crippen LogP contribution < -0.4 is 19.7 Å². The lowest BCUT2D eigenvalue weighted by Crippen LogP contribution is -2.54. The van der Waals surface area contributed by atoms with Crippen LogP contribution in [0.1, 0.15) is 31.9 Å². The Morgan fingerprint density at radius 2 is 1.81 bits per heavy atom. The number of aryl methyl sites for hydroxylation is 1. The zero-order chi connectivity index (χ0) is 22.7. The molecule has 0 aromatic heterocycles. The second-order valence-electron chi connectivity index (χ2n) is 7.22. The number of halogens is 1. The van der Waals surface area contributed by atoms with E-state index < -0.39 is 17.8 Å². The molecule has 31 heavy (non-hydrogen) atoms. The van der Waals surface area contributed by atoms with Crippen molar-refractivity contribution in [3.63, 3.8) is 0 Å². The fourth-order valence-electron chi connectivity index (χ4n) is 3.04. The van der Waals surface area contributed by atoms with Crippen molar-refractivity contribution in [3.8, 4) is 11.5 Å². The molecule has 1 aliphatic heterocycles. The van der Waals surface area contributed by atoms with E-state index in [2.05, 4.69) is 5.32 Å². The van der Waals surface area contributed by atoms with Crippen LogP contribution in [0.15, 0.2) is 42.0 Å². The molecule has 4 amide bonds. The van der Waals surface area contributed by atoms with Gasteiger partial charge in [-0.25, -0.2) is 9.69 Å². The second-order valence-corrected chi connectivity index (χ2v) is 7.63. The Morgan fingerprint density at radius 1 is 1.13 bits per heavy atom. The van der Waals surface area contributed by atoms with Crippen LogP contribution in [0, 0.1) is 6.92 Å². The smallest absolute Gasteiger partial charge is 0.335 e. The van der Waals surface area contributed by atoms with Crippen LogP contribution in [0.3, 0.4) is 0 Å². The van der Waals surface area contributed by atoms with Gasteiger partial charge in [-0.15, -0.1) is 0 Å². The highest BCUT2D eigenvalue weighted by Gasteiger charge is 2.36. The third-order valence-corrected chi connectivity index (χ3v) is 4.67. The number of carbonyl (C=O) groups is 3. The van der Waals surface area contributed by atoms with Gasteiger partial charge in [0.05, 0.1) is 23.4 Å². The summed E-state index contributed by atoms with van der Waals surface area (Å²) in [6, 6.07) is 9.24. The van der Waals surface area contributed by atoms with Gasteiger partial charge in [0, 0.05) is 0 Å². The molecule has 1 heterocycles. The van der Waals surface area contributed by atoms with E-state index in [-0.39, 0.29) is 16.7 Å².